The van der Waals surface area contributed by atoms with Gasteiger partial charge in [-0.15, -0.1) is 0 Å². The van der Waals surface area contributed by atoms with E-state index in [0.29, 0.717) is 17.9 Å². The van der Waals surface area contributed by atoms with Gasteiger partial charge in [-0.2, -0.15) is 0 Å². The van der Waals surface area contributed by atoms with E-state index in [0.717, 1.165) is 29.2 Å². The number of imidazole rings is 1. The van der Waals surface area contributed by atoms with Crippen molar-refractivity contribution in [2.45, 2.75) is 25.2 Å². The molecule has 0 saturated heterocycles. The number of ether oxygens (including phenoxy) is 1. The summed E-state index contributed by atoms with van der Waals surface area (Å²) in [5, 5.41) is 3.81. The van der Waals surface area contributed by atoms with Crippen LogP contribution in [0.25, 0.3) is 5.69 Å². The number of carbonyl (C=O) groups excluding carboxylic acids is 1. The van der Waals surface area contributed by atoms with Gasteiger partial charge in [0.1, 0.15) is 5.75 Å². The first-order chi connectivity index (χ1) is 13.5. The van der Waals surface area contributed by atoms with Gasteiger partial charge in [0.2, 0.25) is 0 Å². The first-order valence-electron chi connectivity index (χ1n) is 9.24. The Kier molecular flexibility index (Phi) is 4.85. The van der Waals surface area contributed by atoms with Crippen LogP contribution in [-0.2, 0) is 5.41 Å². The molecular formula is C22H22ClN3O2. The normalized spacial score (nSPS) is 14.5. The van der Waals surface area contributed by atoms with Crippen LogP contribution in [0.1, 0.15) is 34.5 Å². The lowest BCUT2D eigenvalue weighted by Crippen LogP contribution is -2.32. The van der Waals surface area contributed by atoms with Crippen molar-refractivity contribution in [3.05, 3.63) is 76.8 Å². The van der Waals surface area contributed by atoms with Crippen molar-refractivity contribution in [3.63, 3.8) is 0 Å². The number of halogens is 1. The molecule has 0 aliphatic heterocycles. The minimum Gasteiger partial charge on any atom is -0.495 e. The number of nitrogens with zero attached hydrogens (tertiary/aromatic N) is 2. The maximum atomic E-state index is 12.7. The number of aryl methyl sites for hydroxylation is 1. The van der Waals surface area contributed by atoms with Crippen molar-refractivity contribution < 1.29 is 9.53 Å². The number of aromatic nitrogens is 2. The molecule has 0 radical (unpaired) electrons. The van der Waals surface area contributed by atoms with Crippen LogP contribution >= 0.6 is 11.6 Å². The molecule has 1 fully saturated rings. The number of hydrogen-bond donors (Lipinski definition) is 1. The number of hydrogen-bond acceptors (Lipinski definition) is 3. The molecule has 1 amide bonds. The van der Waals surface area contributed by atoms with Gasteiger partial charge in [0.25, 0.3) is 5.91 Å². The summed E-state index contributed by atoms with van der Waals surface area (Å²) in [6, 6.07) is 13.4. The van der Waals surface area contributed by atoms with Gasteiger partial charge in [0.15, 0.2) is 0 Å². The summed E-state index contributed by atoms with van der Waals surface area (Å²) >= 11 is 5.99. The molecule has 0 bridgehead atoms. The molecule has 2 aromatic carbocycles. The second-order valence-electron chi connectivity index (χ2n) is 7.28. The van der Waals surface area contributed by atoms with Gasteiger partial charge in [-0.3, -0.25) is 4.79 Å². The molecule has 1 aliphatic rings. The first kappa shape index (κ1) is 18.6. The Balaban J connectivity index is 1.48. The fourth-order valence-corrected chi connectivity index (χ4v) is 3.58. The fourth-order valence-electron chi connectivity index (χ4n) is 3.46. The van der Waals surface area contributed by atoms with Crippen molar-refractivity contribution in [2.75, 3.05) is 13.7 Å². The van der Waals surface area contributed by atoms with Crippen LogP contribution in [-0.4, -0.2) is 29.1 Å². The summed E-state index contributed by atoms with van der Waals surface area (Å²) in [7, 11) is 1.60. The van der Waals surface area contributed by atoms with Gasteiger partial charge >= 0.3 is 0 Å². The number of carbonyl (C=O) groups is 1. The largest absolute Gasteiger partial charge is 0.495 e. The van der Waals surface area contributed by atoms with Crippen molar-refractivity contribution in [2.24, 2.45) is 0 Å². The lowest BCUT2D eigenvalue weighted by atomic mass is 9.96. The molecule has 1 N–H and O–H groups in total. The Morgan fingerprint density at radius 1 is 1.25 bits per heavy atom. The van der Waals surface area contributed by atoms with E-state index in [-0.39, 0.29) is 11.3 Å². The summed E-state index contributed by atoms with van der Waals surface area (Å²) in [5.74, 6) is 0.524. The van der Waals surface area contributed by atoms with Gasteiger partial charge in [-0.25, -0.2) is 4.98 Å². The predicted molar refractivity (Wildman–Crippen MR) is 110 cm³/mol. The van der Waals surface area contributed by atoms with E-state index in [2.05, 4.69) is 10.3 Å². The van der Waals surface area contributed by atoms with Crippen molar-refractivity contribution in [1.82, 2.24) is 14.9 Å². The highest BCUT2D eigenvalue weighted by molar-refractivity contribution is 6.30. The molecule has 1 aromatic heterocycles. The van der Waals surface area contributed by atoms with E-state index in [1.807, 2.05) is 54.1 Å². The van der Waals surface area contributed by atoms with Crippen LogP contribution in [0.2, 0.25) is 5.02 Å². The summed E-state index contributed by atoms with van der Waals surface area (Å²) in [5.41, 5.74) is 3.59. The fraction of sp³-hybridized carbons (Fsp3) is 0.273. The van der Waals surface area contributed by atoms with Gasteiger partial charge in [-0.05, 0) is 55.7 Å². The maximum absolute atomic E-state index is 12.7. The van der Waals surface area contributed by atoms with Crippen LogP contribution in [0.15, 0.2) is 55.0 Å². The maximum Gasteiger partial charge on any atom is 0.251 e. The van der Waals surface area contributed by atoms with E-state index in [1.54, 1.807) is 19.5 Å². The molecule has 3 aromatic rings. The lowest BCUT2D eigenvalue weighted by molar-refractivity contribution is 0.0949. The smallest absolute Gasteiger partial charge is 0.251 e. The second-order valence-corrected chi connectivity index (χ2v) is 7.72. The Labute approximate surface area is 169 Å². The van der Waals surface area contributed by atoms with Crippen LogP contribution in [0.4, 0.5) is 0 Å². The zero-order valence-electron chi connectivity index (χ0n) is 15.9. The van der Waals surface area contributed by atoms with E-state index in [1.165, 1.54) is 5.56 Å². The van der Waals surface area contributed by atoms with E-state index in [9.17, 15) is 4.79 Å². The molecule has 0 spiro atoms. The lowest BCUT2D eigenvalue weighted by Gasteiger charge is -2.17. The zero-order chi connectivity index (χ0) is 19.7. The number of nitrogens with one attached hydrogen (secondary N) is 1. The second kappa shape index (κ2) is 7.32. The number of amides is 1. The third-order valence-electron chi connectivity index (χ3n) is 5.33. The Hall–Kier alpha value is -2.79. The monoisotopic (exact) mass is 395 g/mol. The highest BCUT2D eigenvalue weighted by atomic mass is 35.5. The van der Waals surface area contributed by atoms with E-state index >= 15 is 0 Å². The Bertz CT molecular complexity index is 1010. The van der Waals surface area contributed by atoms with Gasteiger partial charge in [-0.1, -0.05) is 23.7 Å². The van der Waals surface area contributed by atoms with Crippen LogP contribution in [0.5, 0.6) is 5.75 Å². The molecule has 1 saturated carbocycles. The van der Waals surface area contributed by atoms with Crippen LogP contribution in [0, 0.1) is 6.92 Å². The van der Waals surface area contributed by atoms with Crippen LogP contribution in [0.3, 0.4) is 0 Å². The van der Waals surface area contributed by atoms with Crippen molar-refractivity contribution in [1.29, 1.82) is 0 Å². The van der Waals surface area contributed by atoms with Crippen molar-refractivity contribution in [3.8, 4) is 11.4 Å². The van der Waals surface area contributed by atoms with E-state index < -0.39 is 0 Å². The third kappa shape index (κ3) is 3.62. The molecule has 6 heteroatoms. The SMILES string of the molecule is COc1cc(C(=O)NCC2(c3ccc(Cl)cc3)CC2)ccc1-n1cnc(C)c1. The van der Waals surface area contributed by atoms with E-state index in [4.69, 9.17) is 16.3 Å². The third-order valence-corrected chi connectivity index (χ3v) is 5.58. The minimum absolute atomic E-state index is 0.0264. The van der Waals surface area contributed by atoms with Gasteiger partial charge in [0.05, 0.1) is 24.8 Å². The first-order valence-corrected chi connectivity index (χ1v) is 9.62. The topological polar surface area (TPSA) is 56.1 Å². The molecule has 0 atom stereocenters. The number of benzene rings is 2. The van der Waals surface area contributed by atoms with Gasteiger partial charge < -0.3 is 14.6 Å². The molecule has 1 heterocycles. The summed E-state index contributed by atoms with van der Waals surface area (Å²) in [6.45, 7) is 2.54. The minimum atomic E-state index is -0.105. The molecule has 1 aliphatic carbocycles. The number of methoxy groups -OCH3 is 1. The average molecular weight is 396 g/mol. The zero-order valence-corrected chi connectivity index (χ0v) is 16.7. The molecule has 4 rings (SSSR count). The molecule has 144 valence electrons. The molecule has 0 unspecified atom stereocenters. The average Bonchev–Trinajstić information content (AvgIpc) is 3.39. The summed E-state index contributed by atoms with van der Waals surface area (Å²) < 4.78 is 7.38. The molecule has 28 heavy (non-hydrogen) atoms. The van der Waals surface area contributed by atoms with Crippen LogP contribution < -0.4 is 10.1 Å². The predicted octanol–water partition coefficient (Wildman–Crippen LogP) is 4.30. The molecule has 5 nitrogen and oxygen atoms in total. The highest BCUT2D eigenvalue weighted by Crippen LogP contribution is 2.47. The quantitative estimate of drug-likeness (QED) is 0.676. The number of rotatable bonds is 6. The van der Waals surface area contributed by atoms with Gasteiger partial charge in [0, 0.05) is 28.7 Å². The highest BCUT2D eigenvalue weighted by Gasteiger charge is 2.44. The standard InChI is InChI=1S/C22H22ClN3O2/c1-15-12-26(14-25-15)19-8-3-16(11-20(19)28-2)21(27)24-13-22(9-10-22)17-4-6-18(23)7-5-17/h3-8,11-12,14H,9-10,13H2,1-2H3,(H,24,27). The Morgan fingerprint density at radius 2 is 2.00 bits per heavy atom. The Morgan fingerprint density at radius 3 is 2.61 bits per heavy atom. The molecular weight excluding hydrogens is 374 g/mol. The summed E-state index contributed by atoms with van der Waals surface area (Å²) in [6.07, 6.45) is 5.78. The summed E-state index contributed by atoms with van der Waals surface area (Å²) in [4.78, 5) is 17.0. The van der Waals surface area contributed by atoms with Crippen molar-refractivity contribution >= 4 is 17.5 Å².